The van der Waals surface area contributed by atoms with E-state index in [0.29, 0.717) is 5.69 Å². The molecule has 0 aliphatic carbocycles. The van der Waals surface area contributed by atoms with Gasteiger partial charge in [-0.05, 0) is 28.8 Å². The molecule has 0 aromatic carbocycles. The molecule has 2 N–H and O–H groups in total. The summed E-state index contributed by atoms with van der Waals surface area (Å²) < 4.78 is 4.99. The lowest BCUT2D eigenvalue weighted by Gasteiger charge is -1.94. The van der Waals surface area contributed by atoms with Crippen molar-refractivity contribution in [3.63, 3.8) is 0 Å². The number of nitrogen functional groups attached to an aromatic ring is 1. The van der Waals surface area contributed by atoms with Gasteiger partial charge in [0.1, 0.15) is 0 Å². The van der Waals surface area contributed by atoms with Crippen LogP contribution in [-0.2, 0) is 12.8 Å². The zero-order chi connectivity index (χ0) is 9.10. The molecule has 0 aliphatic heterocycles. The smallest absolute Gasteiger partial charge is 0.159 e. The molecule has 0 spiro atoms. The maximum Gasteiger partial charge on any atom is 0.159 e. The van der Waals surface area contributed by atoms with E-state index >= 15 is 0 Å². The van der Waals surface area contributed by atoms with E-state index in [1.54, 1.807) is 17.5 Å². The van der Waals surface area contributed by atoms with Gasteiger partial charge in [0, 0.05) is 6.42 Å². The van der Waals surface area contributed by atoms with Gasteiger partial charge in [-0.1, -0.05) is 5.16 Å². The van der Waals surface area contributed by atoms with Crippen LogP contribution in [0.15, 0.2) is 27.5 Å². The minimum Gasteiger partial charge on any atom is -0.395 e. The maximum atomic E-state index is 5.63. The number of nitrogens with two attached hydrogens (primary N) is 1. The summed E-state index contributed by atoms with van der Waals surface area (Å²) >= 11 is 1.70. The van der Waals surface area contributed by atoms with Crippen LogP contribution in [0.25, 0.3) is 0 Å². The van der Waals surface area contributed by atoms with Crippen molar-refractivity contribution < 1.29 is 4.52 Å². The number of aryl methyl sites for hydroxylation is 2. The minimum absolute atomic E-state index is 0.648. The van der Waals surface area contributed by atoms with Crippen molar-refractivity contribution in [1.29, 1.82) is 0 Å². The van der Waals surface area contributed by atoms with E-state index in [4.69, 9.17) is 10.3 Å². The summed E-state index contributed by atoms with van der Waals surface area (Å²) in [5.41, 5.74) is 7.59. The standard InChI is InChI=1S/C9H10N2OS/c10-8-5-11-12-9(8)2-1-7-3-4-13-6-7/h3-6H,1-2,10H2. The zero-order valence-electron chi connectivity index (χ0n) is 7.06. The number of anilines is 1. The van der Waals surface area contributed by atoms with Gasteiger partial charge in [-0.15, -0.1) is 0 Å². The van der Waals surface area contributed by atoms with Gasteiger partial charge in [-0.3, -0.25) is 0 Å². The van der Waals surface area contributed by atoms with Crippen molar-refractivity contribution >= 4 is 17.0 Å². The van der Waals surface area contributed by atoms with E-state index in [1.807, 2.05) is 0 Å². The third kappa shape index (κ3) is 1.89. The molecule has 0 bridgehead atoms. The van der Waals surface area contributed by atoms with Gasteiger partial charge in [0.05, 0.1) is 11.9 Å². The van der Waals surface area contributed by atoms with Crippen LogP contribution in [-0.4, -0.2) is 5.16 Å². The Morgan fingerprint density at radius 2 is 2.38 bits per heavy atom. The quantitative estimate of drug-likeness (QED) is 0.814. The topological polar surface area (TPSA) is 52.0 Å². The second kappa shape index (κ2) is 3.62. The Morgan fingerprint density at radius 1 is 1.46 bits per heavy atom. The highest BCUT2D eigenvalue weighted by molar-refractivity contribution is 7.07. The molecule has 0 amide bonds. The molecule has 0 unspecified atom stereocenters. The van der Waals surface area contributed by atoms with Crippen molar-refractivity contribution in [3.05, 3.63) is 34.3 Å². The van der Waals surface area contributed by atoms with Crippen LogP contribution in [0.3, 0.4) is 0 Å². The highest BCUT2D eigenvalue weighted by Gasteiger charge is 2.04. The molecule has 2 heterocycles. The Labute approximate surface area is 80.2 Å². The predicted molar refractivity (Wildman–Crippen MR) is 52.6 cm³/mol. The Bertz CT molecular complexity index is 367. The molecule has 0 radical (unpaired) electrons. The van der Waals surface area contributed by atoms with Gasteiger partial charge in [0.15, 0.2) is 5.76 Å². The lowest BCUT2D eigenvalue weighted by atomic mass is 10.1. The fourth-order valence-electron chi connectivity index (χ4n) is 1.15. The van der Waals surface area contributed by atoms with Crippen LogP contribution in [0.1, 0.15) is 11.3 Å². The number of aromatic nitrogens is 1. The number of hydrogen-bond acceptors (Lipinski definition) is 4. The van der Waals surface area contributed by atoms with Crippen molar-refractivity contribution in [1.82, 2.24) is 5.16 Å². The molecule has 0 fully saturated rings. The van der Waals surface area contributed by atoms with E-state index < -0.39 is 0 Å². The predicted octanol–water partition coefficient (Wildman–Crippen LogP) is 2.10. The normalized spacial score (nSPS) is 10.5. The Hall–Kier alpha value is -1.29. The van der Waals surface area contributed by atoms with Crippen LogP contribution in [0.5, 0.6) is 0 Å². The number of hydrogen-bond donors (Lipinski definition) is 1. The molecule has 0 atom stereocenters. The van der Waals surface area contributed by atoms with Crippen LogP contribution < -0.4 is 5.73 Å². The lowest BCUT2D eigenvalue weighted by molar-refractivity contribution is 0.384. The van der Waals surface area contributed by atoms with Gasteiger partial charge in [-0.25, -0.2) is 0 Å². The van der Waals surface area contributed by atoms with E-state index in [-0.39, 0.29) is 0 Å². The summed E-state index contributed by atoms with van der Waals surface area (Å²) in [4.78, 5) is 0. The summed E-state index contributed by atoms with van der Waals surface area (Å²) in [5.74, 6) is 0.784. The van der Waals surface area contributed by atoms with Crippen molar-refractivity contribution in [3.8, 4) is 0 Å². The van der Waals surface area contributed by atoms with Crippen molar-refractivity contribution in [2.24, 2.45) is 0 Å². The van der Waals surface area contributed by atoms with Gasteiger partial charge < -0.3 is 10.3 Å². The second-order valence-corrected chi connectivity index (χ2v) is 3.62. The first-order chi connectivity index (χ1) is 6.36. The summed E-state index contributed by atoms with van der Waals surface area (Å²) in [6.45, 7) is 0. The van der Waals surface area contributed by atoms with E-state index in [2.05, 4.69) is 22.0 Å². The number of nitrogens with zero attached hydrogens (tertiary/aromatic N) is 1. The molecule has 2 rings (SSSR count). The third-order valence-electron chi connectivity index (χ3n) is 1.90. The van der Waals surface area contributed by atoms with Gasteiger partial charge in [0.25, 0.3) is 0 Å². The molecule has 3 nitrogen and oxygen atoms in total. The van der Waals surface area contributed by atoms with Crippen molar-refractivity contribution in [2.75, 3.05) is 5.73 Å². The SMILES string of the molecule is Nc1cnoc1CCc1ccsc1. The highest BCUT2D eigenvalue weighted by atomic mass is 32.1. The Balaban J connectivity index is 1.97. The summed E-state index contributed by atoms with van der Waals surface area (Å²) in [6.07, 6.45) is 3.33. The summed E-state index contributed by atoms with van der Waals surface area (Å²) in [7, 11) is 0. The molecule has 4 heteroatoms. The molecule has 13 heavy (non-hydrogen) atoms. The second-order valence-electron chi connectivity index (χ2n) is 2.84. The Kier molecular flexibility index (Phi) is 2.31. The molecule has 68 valence electrons. The maximum absolute atomic E-state index is 5.63. The molecule has 0 saturated carbocycles. The fraction of sp³-hybridized carbons (Fsp3) is 0.222. The van der Waals surface area contributed by atoms with Crippen LogP contribution >= 0.6 is 11.3 Å². The van der Waals surface area contributed by atoms with Crippen LogP contribution in [0.2, 0.25) is 0 Å². The van der Waals surface area contributed by atoms with E-state index in [0.717, 1.165) is 18.6 Å². The molecular formula is C9H10N2OS. The number of thiophene rings is 1. The van der Waals surface area contributed by atoms with E-state index in [9.17, 15) is 0 Å². The van der Waals surface area contributed by atoms with Gasteiger partial charge >= 0.3 is 0 Å². The van der Waals surface area contributed by atoms with E-state index in [1.165, 1.54) is 5.56 Å². The summed E-state index contributed by atoms with van der Waals surface area (Å²) in [6, 6.07) is 2.11. The molecular weight excluding hydrogens is 184 g/mol. The first kappa shape index (κ1) is 8.31. The van der Waals surface area contributed by atoms with Crippen LogP contribution in [0.4, 0.5) is 5.69 Å². The zero-order valence-corrected chi connectivity index (χ0v) is 7.88. The third-order valence-corrected chi connectivity index (χ3v) is 2.63. The van der Waals surface area contributed by atoms with Crippen molar-refractivity contribution in [2.45, 2.75) is 12.8 Å². The largest absolute Gasteiger partial charge is 0.395 e. The Morgan fingerprint density at radius 3 is 3.00 bits per heavy atom. The average molecular weight is 194 g/mol. The molecule has 0 aliphatic rings. The molecule has 2 aromatic rings. The number of rotatable bonds is 3. The molecule has 0 saturated heterocycles. The minimum atomic E-state index is 0.648. The van der Waals surface area contributed by atoms with Crippen LogP contribution in [0, 0.1) is 0 Å². The first-order valence-electron chi connectivity index (χ1n) is 4.06. The highest BCUT2D eigenvalue weighted by Crippen LogP contribution is 2.14. The average Bonchev–Trinajstić information content (AvgIpc) is 2.72. The van der Waals surface area contributed by atoms with Gasteiger partial charge in [0.2, 0.25) is 0 Å². The lowest BCUT2D eigenvalue weighted by Crippen LogP contribution is -1.92. The first-order valence-corrected chi connectivity index (χ1v) is 5.00. The molecule has 2 aromatic heterocycles. The monoisotopic (exact) mass is 194 g/mol. The van der Waals surface area contributed by atoms with Gasteiger partial charge in [-0.2, -0.15) is 11.3 Å². The fourth-order valence-corrected chi connectivity index (χ4v) is 1.86. The summed E-state index contributed by atoms with van der Waals surface area (Å²) in [5, 5.41) is 7.82.